The van der Waals surface area contributed by atoms with Gasteiger partial charge in [-0.3, -0.25) is 0 Å². The summed E-state index contributed by atoms with van der Waals surface area (Å²) in [4.78, 5) is 10.4. The molecule has 1 aromatic rings. The van der Waals surface area contributed by atoms with Crippen LogP contribution in [0.3, 0.4) is 0 Å². The van der Waals surface area contributed by atoms with E-state index in [0.29, 0.717) is 5.01 Å². The maximum absolute atomic E-state index is 11.1. The Morgan fingerprint density at radius 1 is 1.62 bits per heavy atom. The van der Waals surface area contributed by atoms with E-state index >= 15 is 0 Å². The normalized spacial score (nSPS) is 10.5. The van der Waals surface area contributed by atoms with Gasteiger partial charge in [0.1, 0.15) is 16.5 Å². The van der Waals surface area contributed by atoms with Gasteiger partial charge in [-0.2, -0.15) is 0 Å². The number of carbonyl (C=O) groups is 1. The molecule has 1 aromatic heterocycles. The molecule has 0 atom stereocenters. The van der Waals surface area contributed by atoms with Crippen LogP contribution in [0.1, 0.15) is 14.8 Å². The molecule has 7 heteroatoms. The molecule has 0 bridgehead atoms. The van der Waals surface area contributed by atoms with Crippen LogP contribution in [-0.4, -0.2) is 27.6 Å². The van der Waals surface area contributed by atoms with Crippen molar-refractivity contribution in [1.82, 2.24) is 10.2 Å². The summed E-state index contributed by atoms with van der Waals surface area (Å²) in [6, 6.07) is 0. The Balaban J connectivity index is 2.49. The lowest BCUT2D eigenvalue weighted by Crippen LogP contribution is -2.10. The third-order valence-electron chi connectivity index (χ3n) is 1.04. The molecule has 0 unspecified atom stereocenters. The maximum Gasteiger partial charge on any atom is 0.369 e. The van der Waals surface area contributed by atoms with Crippen molar-refractivity contribution in [2.45, 2.75) is 11.8 Å². The lowest BCUT2D eigenvalue weighted by atomic mass is 10.7. The minimum Gasteiger partial charge on any atom is -0.457 e. The average Bonchev–Trinajstić information content (AvgIpc) is 2.47. The molecule has 0 saturated heterocycles. The molecule has 0 aliphatic carbocycles. The number of aryl methyl sites for hydroxylation is 1. The first-order valence-corrected chi connectivity index (χ1v) is 5.04. The summed E-state index contributed by atoms with van der Waals surface area (Å²) < 4.78 is 4.71. The van der Waals surface area contributed by atoms with Crippen LogP contribution < -0.4 is 0 Å². The molecule has 0 fully saturated rings. The summed E-state index contributed by atoms with van der Waals surface area (Å²) in [5, 5.41) is 8.19. The SMILES string of the molecule is Cc1nnc(C(=O)OCC(Cl)Cl)s1. The Labute approximate surface area is 88.8 Å². The fraction of sp³-hybridized carbons (Fsp3) is 0.500. The molecule has 72 valence electrons. The van der Waals surface area contributed by atoms with E-state index in [4.69, 9.17) is 27.9 Å². The van der Waals surface area contributed by atoms with Crippen molar-refractivity contribution in [3.63, 3.8) is 0 Å². The zero-order valence-electron chi connectivity index (χ0n) is 6.66. The number of hydrogen-bond donors (Lipinski definition) is 0. The Morgan fingerprint density at radius 2 is 2.31 bits per heavy atom. The minimum absolute atomic E-state index is 0.0411. The summed E-state index contributed by atoms with van der Waals surface area (Å²) in [6.45, 7) is 1.71. The number of rotatable bonds is 3. The molecule has 13 heavy (non-hydrogen) atoms. The van der Waals surface area contributed by atoms with Gasteiger partial charge in [-0.05, 0) is 6.92 Å². The number of esters is 1. The van der Waals surface area contributed by atoms with E-state index in [1.165, 1.54) is 0 Å². The van der Waals surface area contributed by atoms with Crippen LogP contribution in [-0.2, 0) is 4.74 Å². The van der Waals surface area contributed by atoms with Gasteiger partial charge in [0, 0.05) is 0 Å². The van der Waals surface area contributed by atoms with Gasteiger partial charge in [0.2, 0.25) is 5.01 Å². The standard InChI is InChI=1S/C6H6Cl2N2O2S/c1-3-9-10-5(13-3)6(11)12-2-4(7)8/h4H,2H2,1H3. The predicted molar refractivity (Wildman–Crippen MR) is 50.4 cm³/mol. The van der Waals surface area contributed by atoms with Crippen molar-refractivity contribution in [3.8, 4) is 0 Å². The van der Waals surface area contributed by atoms with Gasteiger partial charge in [-0.25, -0.2) is 4.79 Å². The largest absolute Gasteiger partial charge is 0.457 e. The van der Waals surface area contributed by atoms with Crippen LogP contribution >= 0.6 is 34.5 Å². The monoisotopic (exact) mass is 240 g/mol. The third-order valence-corrected chi connectivity index (χ3v) is 2.11. The van der Waals surface area contributed by atoms with E-state index in [-0.39, 0.29) is 11.6 Å². The lowest BCUT2D eigenvalue weighted by molar-refractivity contribution is 0.0519. The van der Waals surface area contributed by atoms with Gasteiger partial charge in [-0.15, -0.1) is 33.4 Å². The van der Waals surface area contributed by atoms with Crippen molar-refractivity contribution in [2.24, 2.45) is 0 Å². The summed E-state index contributed by atoms with van der Waals surface area (Å²) in [5.41, 5.74) is 0. The van der Waals surface area contributed by atoms with Crippen LogP contribution in [0.25, 0.3) is 0 Å². The highest BCUT2D eigenvalue weighted by Crippen LogP contribution is 2.10. The van der Waals surface area contributed by atoms with Crippen LogP contribution in [0, 0.1) is 6.92 Å². The number of aromatic nitrogens is 2. The lowest BCUT2D eigenvalue weighted by Gasteiger charge is -2.00. The van der Waals surface area contributed by atoms with Crippen LogP contribution in [0.5, 0.6) is 0 Å². The van der Waals surface area contributed by atoms with Gasteiger partial charge < -0.3 is 4.74 Å². The molecule has 1 heterocycles. The molecular weight excluding hydrogens is 235 g/mol. The molecule has 0 spiro atoms. The highest BCUT2D eigenvalue weighted by molar-refractivity contribution is 7.13. The van der Waals surface area contributed by atoms with Crippen molar-refractivity contribution >= 4 is 40.5 Å². The van der Waals surface area contributed by atoms with E-state index in [0.717, 1.165) is 11.3 Å². The molecule has 0 aliphatic heterocycles. The van der Waals surface area contributed by atoms with Gasteiger partial charge in [0.15, 0.2) is 0 Å². The van der Waals surface area contributed by atoms with E-state index in [2.05, 4.69) is 10.2 Å². The van der Waals surface area contributed by atoms with E-state index in [1.54, 1.807) is 6.92 Å². The Kier molecular flexibility index (Phi) is 3.90. The van der Waals surface area contributed by atoms with Crippen LogP contribution in [0.15, 0.2) is 0 Å². The highest BCUT2D eigenvalue weighted by atomic mass is 35.5. The topological polar surface area (TPSA) is 52.1 Å². The molecule has 4 nitrogen and oxygen atoms in total. The van der Waals surface area contributed by atoms with Gasteiger partial charge in [-0.1, -0.05) is 11.3 Å². The highest BCUT2D eigenvalue weighted by Gasteiger charge is 2.13. The summed E-state index contributed by atoms with van der Waals surface area (Å²) in [5.74, 6) is -0.545. The van der Waals surface area contributed by atoms with Crippen LogP contribution in [0.4, 0.5) is 0 Å². The number of nitrogens with zero attached hydrogens (tertiary/aromatic N) is 2. The number of alkyl halides is 2. The zero-order chi connectivity index (χ0) is 9.84. The quantitative estimate of drug-likeness (QED) is 0.598. The molecule has 0 amide bonds. The van der Waals surface area contributed by atoms with Crippen LogP contribution in [0.2, 0.25) is 0 Å². The van der Waals surface area contributed by atoms with Crippen molar-refractivity contribution in [3.05, 3.63) is 10.0 Å². The number of halogens is 2. The second kappa shape index (κ2) is 4.74. The first-order chi connectivity index (χ1) is 6.09. The first kappa shape index (κ1) is 10.7. The Morgan fingerprint density at radius 3 is 2.77 bits per heavy atom. The fourth-order valence-corrected chi connectivity index (χ4v) is 1.29. The van der Waals surface area contributed by atoms with Crippen molar-refractivity contribution in [2.75, 3.05) is 6.61 Å². The third kappa shape index (κ3) is 3.46. The molecule has 0 aliphatic rings. The second-order valence-electron chi connectivity index (χ2n) is 2.12. The number of carbonyl (C=O) groups excluding carboxylic acids is 1. The Hall–Kier alpha value is -0.390. The van der Waals surface area contributed by atoms with Crippen molar-refractivity contribution in [1.29, 1.82) is 0 Å². The van der Waals surface area contributed by atoms with E-state index in [9.17, 15) is 4.79 Å². The van der Waals surface area contributed by atoms with E-state index < -0.39 is 10.8 Å². The second-order valence-corrected chi connectivity index (χ2v) is 4.57. The Bertz CT molecular complexity index is 303. The fourth-order valence-electron chi connectivity index (χ4n) is 0.579. The molecule has 0 N–H and O–H groups in total. The first-order valence-electron chi connectivity index (χ1n) is 3.35. The summed E-state index contributed by atoms with van der Waals surface area (Å²) >= 11 is 11.9. The summed E-state index contributed by atoms with van der Waals surface area (Å²) in [7, 11) is 0. The van der Waals surface area contributed by atoms with Gasteiger partial charge >= 0.3 is 5.97 Å². The minimum atomic E-state index is -0.710. The maximum atomic E-state index is 11.1. The smallest absolute Gasteiger partial charge is 0.369 e. The van der Waals surface area contributed by atoms with E-state index in [1.807, 2.05) is 0 Å². The number of ether oxygens (including phenoxy) is 1. The van der Waals surface area contributed by atoms with Crippen molar-refractivity contribution < 1.29 is 9.53 Å². The molecular formula is C6H6Cl2N2O2S. The molecule has 0 aromatic carbocycles. The number of hydrogen-bond acceptors (Lipinski definition) is 5. The molecule has 0 saturated carbocycles. The van der Waals surface area contributed by atoms with Gasteiger partial charge in [0.25, 0.3) is 0 Å². The average molecular weight is 241 g/mol. The predicted octanol–water partition coefficient (Wildman–Crippen LogP) is 1.81. The van der Waals surface area contributed by atoms with Gasteiger partial charge in [0.05, 0.1) is 0 Å². The summed E-state index contributed by atoms with van der Waals surface area (Å²) in [6.07, 6.45) is 0. The molecule has 1 rings (SSSR count). The zero-order valence-corrected chi connectivity index (χ0v) is 8.99. The molecule has 0 radical (unpaired) electrons.